The maximum absolute atomic E-state index is 12.6. The van der Waals surface area contributed by atoms with Crippen molar-refractivity contribution in [3.8, 4) is 0 Å². The fourth-order valence-electron chi connectivity index (χ4n) is 2.91. The summed E-state index contributed by atoms with van der Waals surface area (Å²) in [6.07, 6.45) is -0.155. The van der Waals surface area contributed by atoms with Gasteiger partial charge in [-0.3, -0.25) is 24.7 Å². The zero-order valence-corrected chi connectivity index (χ0v) is 18.2. The molecule has 1 unspecified atom stereocenters. The molecule has 0 bridgehead atoms. The lowest BCUT2D eigenvalue weighted by Crippen LogP contribution is -2.49. The zero-order chi connectivity index (χ0) is 21.1. The lowest BCUT2D eigenvalue weighted by molar-refractivity contribution is -0.130. The second kappa shape index (κ2) is 8.71. The van der Waals surface area contributed by atoms with E-state index < -0.39 is 11.9 Å². The van der Waals surface area contributed by atoms with E-state index in [1.807, 2.05) is 25.1 Å². The molecule has 29 heavy (non-hydrogen) atoms. The molecule has 9 heteroatoms. The van der Waals surface area contributed by atoms with E-state index in [-0.39, 0.29) is 23.3 Å². The van der Waals surface area contributed by atoms with E-state index in [2.05, 4.69) is 26.7 Å². The van der Waals surface area contributed by atoms with Crippen LogP contribution in [0, 0.1) is 6.92 Å². The van der Waals surface area contributed by atoms with Gasteiger partial charge in [0.25, 0.3) is 11.8 Å². The van der Waals surface area contributed by atoms with Gasteiger partial charge in [0.15, 0.2) is 5.11 Å². The molecule has 0 aromatic heterocycles. The van der Waals surface area contributed by atoms with Crippen LogP contribution in [0.1, 0.15) is 22.3 Å². The highest BCUT2D eigenvalue weighted by molar-refractivity contribution is 9.10. The van der Waals surface area contributed by atoms with E-state index in [1.165, 1.54) is 17.0 Å². The number of nitrogens with zero attached hydrogens (tertiary/aromatic N) is 2. The average molecular weight is 475 g/mol. The quantitative estimate of drug-likeness (QED) is 0.651. The van der Waals surface area contributed by atoms with Crippen LogP contribution in [0.25, 0.3) is 0 Å². The number of amides is 3. The van der Waals surface area contributed by atoms with Gasteiger partial charge in [-0.15, -0.1) is 0 Å². The van der Waals surface area contributed by atoms with Crippen molar-refractivity contribution in [3.63, 3.8) is 0 Å². The highest BCUT2D eigenvalue weighted by atomic mass is 79.9. The summed E-state index contributed by atoms with van der Waals surface area (Å²) in [6.45, 7) is 1.92. The summed E-state index contributed by atoms with van der Waals surface area (Å²) in [5.74, 6) is -1.13. The van der Waals surface area contributed by atoms with Crippen molar-refractivity contribution >= 4 is 56.7 Å². The second-order valence-electron chi connectivity index (χ2n) is 6.64. The molecule has 1 saturated heterocycles. The summed E-state index contributed by atoms with van der Waals surface area (Å²) >= 11 is 8.60. The first-order chi connectivity index (χ1) is 13.8. The highest BCUT2D eigenvalue weighted by Crippen LogP contribution is 2.19. The largest absolute Gasteiger partial charge is 0.326 e. The Kier molecular flexibility index (Phi) is 6.29. The van der Waals surface area contributed by atoms with Gasteiger partial charge in [-0.25, -0.2) is 5.01 Å². The molecule has 3 rings (SSSR count). The Bertz CT molecular complexity index is 980. The molecule has 0 radical (unpaired) electrons. The SMILES string of the molecule is Cc1cccc(NC(=O)CC2C(=O)N(C)C(=S)N2NC(=O)c2ccc(Br)cc2)c1. The summed E-state index contributed by atoms with van der Waals surface area (Å²) in [5.41, 5.74) is 4.70. The van der Waals surface area contributed by atoms with Crippen molar-refractivity contribution in [2.45, 2.75) is 19.4 Å². The van der Waals surface area contributed by atoms with Gasteiger partial charge in [0, 0.05) is 22.8 Å². The second-order valence-corrected chi connectivity index (χ2v) is 7.92. The van der Waals surface area contributed by atoms with Crippen LogP contribution in [0.3, 0.4) is 0 Å². The third-order valence-corrected chi connectivity index (χ3v) is 5.43. The number of thiocarbonyl (C=S) groups is 1. The molecule has 0 spiro atoms. The summed E-state index contributed by atoms with van der Waals surface area (Å²) in [7, 11) is 1.52. The summed E-state index contributed by atoms with van der Waals surface area (Å²) in [4.78, 5) is 38.9. The predicted molar refractivity (Wildman–Crippen MR) is 117 cm³/mol. The fraction of sp³-hybridized carbons (Fsp3) is 0.200. The first kappa shape index (κ1) is 20.9. The van der Waals surface area contributed by atoms with E-state index in [9.17, 15) is 14.4 Å². The van der Waals surface area contributed by atoms with Gasteiger partial charge in [-0.2, -0.15) is 0 Å². The summed E-state index contributed by atoms with van der Waals surface area (Å²) in [6, 6.07) is 13.2. The number of hydrazine groups is 1. The van der Waals surface area contributed by atoms with Crippen LogP contribution >= 0.6 is 28.1 Å². The Hall–Kier alpha value is -2.78. The third kappa shape index (κ3) is 4.80. The van der Waals surface area contributed by atoms with Gasteiger partial charge in [-0.1, -0.05) is 28.1 Å². The van der Waals surface area contributed by atoms with Crippen molar-refractivity contribution in [3.05, 3.63) is 64.1 Å². The number of hydrogen-bond donors (Lipinski definition) is 2. The lowest BCUT2D eigenvalue weighted by atomic mass is 10.1. The van der Waals surface area contributed by atoms with E-state index in [1.54, 1.807) is 30.3 Å². The van der Waals surface area contributed by atoms with Crippen LogP contribution < -0.4 is 10.7 Å². The first-order valence-electron chi connectivity index (χ1n) is 8.80. The van der Waals surface area contributed by atoms with Crippen LogP contribution in [-0.2, 0) is 9.59 Å². The number of halogens is 1. The maximum Gasteiger partial charge on any atom is 0.269 e. The van der Waals surface area contributed by atoms with Crippen molar-refractivity contribution in [1.82, 2.24) is 15.3 Å². The molecule has 150 valence electrons. The molecule has 2 aromatic carbocycles. The maximum atomic E-state index is 12.6. The molecule has 1 fully saturated rings. The predicted octanol–water partition coefficient (Wildman–Crippen LogP) is 2.86. The molecular formula is C20H19BrN4O3S. The number of nitrogens with one attached hydrogen (secondary N) is 2. The van der Waals surface area contributed by atoms with Crippen LogP contribution in [0.15, 0.2) is 53.0 Å². The smallest absolute Gasteiger partial charge is 0.269 e. The van der Waals surface area contributed by atoms with E-state index in [0.29, 0.717) is 11.3 Å². The Labute approximate surface area is 182 Å². The topological polar surface area (TPSA) is 81.8 Å². The van der Waals surface area contributed by atoms with Crippen molar-refractivity contribution in [1.29, 1.82) is 0 Å². The minimum atomic E-state index is -0.920. The Morgan fingerprint density at radius 2 is 1.86 bits per heavy atom. The number of rotatable bonds is 5. The van der Waals surface area contributed by atoms with Crippen LogP contribution in [0.2, 0.25) is 0 Å². The summed E-state index contributed by atoms with van der Waals surface area (Å²) < 4.78 is 0.839. The number of anilines is 1. The molecular weight excluding hydrogens is 456 g/mol. The van der Waals surface area contributed by atoms with Gasteiger partial charge < -0.3 is 5.32 Å². The van der Waals surface area contributed by atoms with Gasteiger partial charge in [0.2, 0.25) is 5.91 Å². The van der Waals surface area contributed by atoms with Gasteiger partial charge in [0.1, 0.15) is 6.04 Å². The number of carbonyl (C=O) groups is 3. The van der Waals surface area contributed by atoms with Crippen molar-refractivity contribution in [2.24, 2.45) is 0 Å². The van der Waals surface area contributed by atoms with Gasteiger partial charge >= 0.3 is 0 Å². The monoisotopic (exact) mass is 474 g/mol. The molecule has 3 amide bonds. The number of benzene rings is 2. The van der Waals surface area contributed by atoms with E-state index in [0.717, 1.165) is 10.0 Å². The van der Waals surface area contributed by atoms with Crippen molar-refractivity contribution in [2.75, 3.05) is 12.4 Å². The number of aryl methyl sites for hydroxylation is 1. The molecule has 1 heterocycles. The first-order valence-corrected chi connectivity index (χ1v) is 10.00. The molecule has 1 aliphatic heterocycles. The third-order valence-electron chi connectivity index (χ3n) is 4.43. The fourth-order valence-corrected chi connectivity index (χ4v) is 3.44. The summed E-state index contributed by atoms with van der Waals surface area (Å²) in [5, 5.41) is 4.18. The van der Waals surface area contributed by atoms with Gasteiger partial charge in [-0.05, 0) is 61.1 Å². The van der Waals surface area contributed by atoms with Crippen molar-refractivity contribution < 1.29 is 14.4 Å². The standard InChI is InChI=1S/C20H19BrN4O3S/c1-12-4-3-5-15(10-12)22-17(26)11-16-19(28)24(2)20(29)25(16)23-18(27)13-6-8-14(21)9-7-13/h3-10,16H,11H2,1-2H3,(H,22,26)(H,23,27). The Morgan fingerprint density at radius 1 is 1.17 bits per heavy atom. The Balaban J connectivity index is 1.73. The van der Waals surface area contributed by atoms with Crippen LogP contribution in [0.4, 0.5) is 5.69 Å². The molecule has 2 N–H and O–H groups in total. The number of hydrogen-bond acceptors (Lipinski definition) is 4. The highest BCUT2D eigenvalue weighted by Gasteiger charge is 2.42. The molecule has 1 atom stereocenters. The lowest BCUT2D eigenvalue weighted by Gasteiger charge is -2.24. The van der Waals surface area contributed by atoms with Crippen LogP contribution in [-0.4, -0.2) is 45.8 Å². The minimum absolute atomic E-state index is 0.133. The number of likely N-dealkylation sites (N-methyl/N-ethyl adjacent to an activating group) is 1. The Morgan fingerprint density at radius 3 is 2.52 bits per heavy atom. The van der Waals surface area contributed by atoms with E-state index >= 15 is 0 Å². The molecule has 0 saturated carbocycles. The van der Waals surface area contributed by atoms with E-state index in [4.69, 9.17) is 12.2 Å². The normalized spacial score (nSPS) is 16.2. The molecule has 7 nitrogen and oxygen atoms in total. The molecule has 0 aliphatic carbocycles. The average Bonchev–Trinajstić information content (AvgIpc) is 2.87. The minimum Gasteiger partial charge on any atom is -0.326 e. The molecule has 1 aliphatic rings. The zero-order valence-electron chi connectivity index (χ0n) is 15.8. The number of carbonyl (C=O) groups excluding carboxylic acids is 3. The molecule has 2 aromatic rings. The van der Waals surface area contributed by atoms with Crippen LogP contribution in [0.5, 0.6) is 0 Å². The van der Waals surface area contributed by atoms with Gasteiger partial charge in [0.05, 0.1) is 6.42 Å².